The highest BCUT2D eigenvalue weighted by Crippen LogP contribution is 2.39. The zero-order chi connectivity index (χ0) is 17.1. The lowest BCUT2D eigenvalue weighted by Gasteiger charge is -2.27. The number of ether oxygens (including phenoxy) is 2. The Bertz CT molecular complexity index is 778. The fourth-order valence-corrected chi connectivity index (χ4v) is 3.51. The third kappa shape index (κ3) is 3.65. The van der Waals surface area contributed by atoms with Gasteiger partial charge in [0.15, 0.2) is 5.44 Å². The molecule has 0 N–H and O–H groups in total. The van der Waals surface area contributed by atoms with E-state index in [4.69, 9.17) is 9.47 Å². The number of hydrogen-bond acceptors (Lipinski definition) is 4. The maximum Gasteiger partial charge on any atom is 0.308 e. The minimum Gasteiger partial charge on any atom is -0.474 e. The molecule has 24 heavy (non-hydrogen) atoms. The summed E-state index contributed by atoms with van der Waals surface area (Å²) in [6, 6.07) is 13.8. The number of aryl methyl sites for hydroxylation is 1. The zero-order valence-electron chi connectivity index (χ0n) is 14.0. The van der Waals surface area contributed by atoms with Crippen molar-refractivity contribution in [2.24, 2.45) is 0 Å². The number of benzene rings is 2. The number of thioether (sulfide) groups is 1. The predicted octanol–water partition coefficient (Wildman–Crippen LogP) is 4.93. The summed E-state index contributed by atoms with van der Waals surface area (Å²) in [5.74, 6) is 2.14. The minimum atomic E-state index is -0.313. The Kier molecular flexibility index (Phi) is 4.95. The summed E-state index contributed by atoms with van der Waals surface area (Å²) in [5, 5.41) is 0. The smallest absolute Gasteiger partial charge is 0.308 e. The Morgan fingerprint density at radius 3 is 2.62 bits per heavy atom. The molecule has 0 radical (unpaired) electrons. The monoisotopic (exact) mass is 340 g/mol. The van der Waals surface area contributed by atoms with Crippen molar-refractivity contribution in [1.82, 2.24) is 0 Å². The first-order valence-corrected chi connectivity index (χ1v) is 9.01. The van der Waals surface area contributed by atoms with Crippen LogP contribution in [-0.4, -0.2) is 17.2 Å². The highest BCUT2D eigenvalue weighted by atomic mass is 32.2. The van der Waals surface area contributed by atoms with E-state index in [9.17, 15) is 4.79 Å². The van der Waals surface area contributed by atoms with Crippen molar-refractivity contribution in [1.29, 1.82) is 0 Å². The largest absolute Gasteiger partial charge is 0.474 e. The van der Waals surface area contributed by atoms with Gasteiger partial charge in [-0.1, -0.05) is 31.2 Å². The first-order valence-electron chi connectivity index (χ1n) is 7.96. The van der Waals surface area contributed by atoms with Crippen LogP contribution in [0.25, 0.3) is 11.6 Å². The first-order chi connectivity index (χ1) is 11.6. The van der Waals surface area contributed by atoms with E-state index in [2.05, 4.69) is 38.1 Å². The number of fused-ring (bicyclic) bond motifs is 1. The highest BCUT2D eigenvalue weighted by Gasteiger charge is 2.24. The van der Waals surface area contributed by atoms with Gasteiger partial charge in [0.05, 0.1) is 0 Å². The van der Waals surface area contributed by atoms with Gasteiger partial charge in [0.2, 0.25) is 0 Å². The van der Waals surface area contributed by atoms with E-state index in [1.54, 1.807) is 11.8 Å². The van der Waals surface area contributed by atoms with Crippen molar-refractivity contribution in [3.05, 3.63) is 59.2 Å². The molecule has 3 rings (SSSR count). The molecule has 0 aliphatic carbocycles. The molecule has 2 aromatic rings. The van der Waals surface area contributed by atoms with Gasteiger partial charge >= 0.3 is 5.97 Å². The molecule has 1 heterocycles. The molecule has 1 unspecified atom stereocenters. The average Bonchev–Trinajstić information content (AvgIpc) is 2.55. The summed E-state index contributed by atoms with van der Waals surface area (Å²) < 4.78 is 11.3. The first kappa shape index (κ1) is 16.7. The normalized spacial score (nSPS) is 16.0. The van der Waals surface area contributed by atoms with E-state index in [-0.39, 0.29) is 11.4 Å². The van der Waals surface area contributed by atoms with Crippen LogP contribution in [0.4, 0.5) is 0 Å². The van der Waals surface area contributed by atoms with Crippen molar-refractivity contribution in [3.8, 4) is 11.5 Å². The SMILES string of the molecule is CCSC1Oc2cc(C)ccc2C=C1c1ccc(OC(C)=O)cc1. The predicted molar refractivity (Wildman–Crippen MR) is 99.3 cm³/mol. The van der Waals surface area contributed by atoms with E-state index in [1.165, 1.54) is 12.5 Å². The molecule has 0 spiro atoms. The van der Waals surface area contributed by atoms with E-state index in [0.717, 1.165) is 28.2 Å². The maximum absolute atomic E-state index is 11.0. The lowest BCUT2D eigenvalue weighted by Crippen LogP contribution is -2.18. The van der Waals surface area contributed by atoms with Gasteiger partial charge in [0, 0.05) is 18.1 Å². The van der Waals surface area contributed by atoms with Gasteiger partial charge < -0.3 is 9.47 Å². The quantitative estimate of drug-likeness (QED) is 0.584. The number of carbonyl (C=O) groups excluding carboxylic acids is 1. The molecular weight excluding hydrogens is 320 g/mol. The van der Waals surface area contributed by atoms with Crippen LogP contribution < -0.4 is 9.47 Å². The molecule has 1 aliphatic rings. The molecule has 0 amide bonds. The summed E-state index contributed by atoms with van der Waals surface area (Å²) in [4.78, 5) is 11.0. The summed E-state index contributed by atoms with van der Waals surface area (Å²) in [5.41, 5.74) is 4.45. The maximum atomic E-state index is 11.0. The standard InChI is InChI=1S/C20H20O3S/c1-4-24-20-18(12-16-6-5-13(2)11-19(16)23-20)15-7-9-17(10-8-15)22-14(3)21/h5-12,20H,4H2,1-3H3. The van der Waals surface area contributed by atoms with Gasteiger partial charge in [-0.2, -0.15) is 0 Å². The van der Waals surface area contributed by atoms with Crippen LogP contribution in [-0.2, 0) is 4.79 Å². The third-order valence-electron chi connectivity index (χ3n) is 3.74. The number of carbonyl (C=O) groups is 1. The van der Waals surface area contributed by atoms with E-state index >= 15 is 0 Å². The molecule has 0 saturated heterocycles. The number of hydrogen-bond donors (Lipinski definition) is 0. The molecule has 124 valence electrons. The fraction of sp³-hybridized carbons (Fsp3) is 0.250. The van der Waals surface area contributed by atoms with Crippen molar-refractivity contribution >= 4 is 29.4 Å². The van der Waals surface area contributed by atoms with Crippen LogP contribution in [0.1, 0.15) is 30.5 Å². The Balaban J connectivity index is 1.96. The summed E-state index contributed by atoms with van der Waals surface area (Å²) >= 11 is 1.76. The molecule has 0 fully saturated rings. The van der Waals surface area contributed by atoms with Crippen molar-refractivity contribution in [2.45, 2.75) is 26.2 Å². The van der Waals surface area contributed by atoms with Crippen molar-refractivity contribution in [3.63, 3.8) is 0 Å². The molecule has 0 saturated carbocycles. The fourth-order valence-electron chi connectivity index (χ4n) is 2.65. The van der Waals surface area contributed by atoms with Gasteiger partial charge in [-0.25, -0.2) is 0 Å². The summed E-state index contributed by atoms with van der Waals surface area (Å²) in [7, 11) is 0. The van der Waals surface area contributed by atoms with E-state index < -0.39 is 0 Å². The second-order valence-electron chi connectivity index (χ2n) is 5.66. The molecule has 1 aliphatic heterocycles. The Morgan fingerprint density at radius 2 is 1.96 bits per heavy atom. The third-order valence-corrected chi connectivity index (χ3v) is 4.72. The molecule has 3 nitrogen and oxygen atoms in total. The van der Waals surface area contributed by atoms with Gasteiger partial charge in [-0.3, -0.25) is 4.79 Å². The minimum absolute atomic E-state index is 0.0381. The number of rotatable bonds is 4. The van der Waals surface area contributed by atoms with Crippen LogP contribution in [0.5, 0.6) is 11.5 Å². The van der Waals surface area contributed by atoms with Crippen molar-refractivity contribution in [2.75, 3.05) is 5.75 Å². The topological polar surface area (TPSA) is 35.5 Å². The van der Waals surface area contributed by atoms with Gasteiger partial charge in [0.25, 0.3) is 0 Å². The molecular formula is C20H20O3S. The molecule has 0 aromatic heterocycles. The second-order valence-corrected chi connectivity index (χ2v) is 7.00. The lowest BCUT2D eigenvalue weighted by molar-refractivity contribution is -0.131. The summed E-state index contributed by atoms with van der Waals surface area (Å²) in [6.07, 6.45) is 2.19. The number of esters is 1. The zero-order valence-corrected chi connectivity index (χ0v) is 14.9. The van der Waals surface area contributed by atoms with Crippen LogP contribution in [0, 0.1) is 6.92 Å². The lowest BCUT2D eigenvalue weighted by atomic mass is 10.00. The molecule has 0 bridgehead atoms. The molecule has 2 aromatic carbocycles. The van der Waals surface area contributed by atoms with E-state index in [0.29, 0.717) is 5.75 Å². The molecule has 4 heteroatoms. The van der Waals surface area contributed by atoms with Crippen molar-refractivity contribution < 1.29 is 14.3 Å². The molecule has 1 atom stereocenters. The van der Waals surface area contributed by atoms with Crippen LogP contribution in [0.2, 0.25) is 0 Å². The highest BCUT2D eigenvalue weighted by molar-refractivity contribution is 8.00. The van der Waals surface area contributed by atoms with Gasteiger partial charge in [0.1, 0.15) is 11.5 Å². The van der Waals surface area contributed by atoms with E-state index in [1.807, 2.05) is 24.3 Å². The van der Waals surface area contributed by atoms with Crippen LogP contribution in [0.15, 0.2) is 42.5 Å². The van der Waals surface area contributed by atoms with Crippen LogP contribution >= 0.6 is 11.8 Å². The Morgan fingerprint density at radius 1 is 1.21 bits per heavy atom. The summed E-state index contributed by atoms with van der Waals surface area (Å²) in [6.45, 7) is 5.60. The average molecular weight is 340 g/mol. The Labute approximate surface area is 146 Å². The van der Waals surface area contributed by atoms with Gasteiger partial charge in [-0.15, -0.1) is 11.8 Å². The van der Waals surface area contributed by atoms with Crippen LogP contribution in [0.3, 0.4) is 0 Å². The Hall–Kier alpha value is -2.20. The second kappa shape index (κ2) is 7.14. The van der Waals surface area contributed by atoms with Gasteiger partial charge in [-0.05, 0) is 48.1 Å².